The van der Waals surface area contributed by atoms with E-state index in [1.807, 2.05) is 0 Å². The van der Waals surface area contributed by atoms with Crippen LogP contribution in [0, 0.1) is 23.7 Å². The summed E-state index contributed by atoms with van der Waals surface area (Å²) in [5.74, 6) is 4.03. The molecule has 1 aliphatic rings. The first-order valence-electron chi connectivity index (χ1n) is 5.70. The summed E-state index contributed by atoms with van der Waals surface area (Å²) in [5.41, 5.74) is 0. The summed E-state index contributed by atoms with van der Waals surface area (Å²) in [7, 11) is 0. The van der Waals surface area contributed by atoms with E-state index in [-0.39, 0.29) is 0 Å². The standard InChI is InChI=1S/C12H24/c1-5-7-12-10(4)9(3)8-11(12)6-2/h9-12H,5-8H2,1-4H3. The summed E-state index contributed by atoms with van der Waals surface area (Å²) in [6.45, 7) is 9.57. The van der Waals surface area contributed by atoms with Gasteiger partial charge in [-0.2, -0.15) is 0 Å². The molecular weight excluding hydrogens is 144 g/mol. The maximum Gasteiger partial charge on any atom is -0.0358 e. The molecule has 72 valence electrons. The summed E-state index contributed by atoms with van der Waals surface area (Å²) >= 11 is 0. The second kappa shape index (κ2) is 4.30. The van der Waals surface area contributed by atoms with Gasteiger partial charge in [0.15, 0.2) is 0 Å². The van der Waals surface area contributed by atoms with Crippen molar-refractivity contribution in [2.45, 2.75) is 53.4 Å². The average Bonchev–Trinajstić information content (AvgIpc) is 2.33. The molecule has 1 rings (SSSR count). The third-order valence-corrected chi connectivity index (χ3v) is 4.00. The van der Waals surface area contributed by atoms with Crippen LogP contribution in [-0.2, 0) is 0 Å². The molecular formula is C12H24. The van der Waals surface area contributed by atoms with Gasteiger partial charge in [0.25, 0.3) is 0 Å². The summed E-state index contributed by atoms with van der Waals surface area (Å²) in [6, 6.07) is 0. The van der Waals surface area contributed by atoms with E-state index in [2.05, 4.69) is 27.7 Å². The molecule has 4 atom stereocenters. The van der Waals surface area contributed by atoms with E-state index in [1.54, 1.807) is 0 Å². The Labute approximate surface area is 77.7 Å². The molecule has 0 aliphatic heterocycles. The Morgan fingerprint density at radius 1 is 1.17 bits per heavy atom. The molecule has 1 fully saturated rings. The van der Waals surface area contributed by atoms with Crippen LogP contribution < -0.4 is 0 Å². The summed E-state index contributed by atoms with van der Waals surface area (Å²) in [6.07, 6.45) is 5.73. The fourth-order valence-corrected chi connectivity index (χ4v) is 3.02. The van der Waals surface area contributed by atoms with Gasteiger partial charge < -0.3 is 0 Å². The van der Waals surface area contributed by atoms with E-state index in [0.717, 1.165) is 23.7 Å². The second-order valence-corrected chi connectivity index (χ2v) is 4.69. The van der Waals surface area contributed by atoms with Crippen molar-refractivity contribution in [3.63, 3.8) is 0 Å². The summed E-state index contributed by atoms with van der Waals surface area (Å²) < 4.78 is 0. The molecule has 0 bridgehead atoms. The van der Waals surface area contributed by atoms with Crippen molar-refractivity contribution in [1.29, 1.82) is 0 Å². The van der Waals surface area contributed by atoms with E-state index in [9.17, 15) is 0 Å². The molecule has 12 heavy (non-hydrogen) atoms. The minimum absolute atomic E-state index is 0.978. The number of hydrogen-bond acceptors (Lipinski definition) is 0. The van der Waals surface area contributed by atoms with Crippen LogP contribution in [0.15, 0.2) is 0 Å². The van der Waals surface area contributed by atoms with Gasteiger partial charge in [0.2, 0.25) is 0 Å². The largest absolute Gasteiger partial charge is 0.0654 e. The molecule has 0 nitrogen and oxygen atoms in total. The van der Waals surface area contributed by atoms with Gasteiger partial charge >= 0.3 is 0 Å². The number of hydrogen-bond donors (Lipinski definition) is 0. The highest BCUT2D eigenvalue weighted by atomic mass is 14.4. The average molecular weight is 168 g/mol. The van der Waals surface area contributed by atoms with Crippen molar-refractivity contribution in [1.82, 2.24) is 0 Å². The van der Waals surface area contributed by atoms with Gasteiger partial charge in [-0.1, -0.05) is 47.0 Å². The molecule has 0 amide bonds. The van der Waals surface area contributed by atoms with Crippen LogP contribution in [0.5, 0.6) is 0 Å². The zero-order valence-electron chi connectivity index (χ0n) is 9.14. The van der Waals surface area contributed by atoms with E-state index in [4.69, 9.17) is 0 Å². The normalized spacial score (nSPS) is 42.0. The van der Waals surface area contributed by atoms with Crippen LogP contribution in [0.4, 0.5) is 0 Å². The van der Waals surface area contributed by atoms with Crippen LogP contribution >= 0.6 is 0 Å². The first kappa shape index (κ1) is 10.1. The molecule has 0 heterocycles. The Kier molecular flexibility index (Phi) is 3.61. The smallest absolute Gasteiger partial charge is 0.0358 e. The fraction of sp³-hybridized carbons (Fsp3) is 1.00. The lowest BCUT2D eigenvalue weighted by molar-refractivity contribution is 0.284. The molecule has 0 saturated heterocycles. The molecule has 0 spiro atoms. The zero-order valence-corrected chi connectivity index (χ0v) is 9.14. The van der Waals surface area contributed by atoms with Crippen molar-refractivity contribution in [3.8, 4) is 0 Å². The van der Waals surface area contributed by atoms with Crippen LogP contribution in [0.25, 0.3) is 0 Å². The van der Waals surface area contributed by atoms with Crippen molar-refractivity contribution in [3.05, 3.63) is 0 Å². The van der Waals surface area contributed by atoms with Gasteiger partial charge in [-0.3, -0.25) is 0 Å². The fourth-order valence-electron chi connectivity index (χ4n) is 3.02. The van der Waals surface area contributed by atoms with Gasteiger partial charge in [0.05, 0.1) is 0 Å². The zero-order chi connectivity index (χ0) is 9.14. The first-order chi connectivity index (χ1) is 5.70. The summed E-state index contributed by atoms with van der Waals surface area (Å²) in [4.78, 5) is 0. The highest BCUT2D eigenvalue weighted by Gasteiger charge is 2.36. The molecule has 0 N–H and O–H groups in total. The van der Waals surface area contributed by atoms with Gasteiger partial charge in [-0.25, -0.2) is 0 Å². The highest BCUT2D eigenvalue weighted by molar-refractivity contribution is 4.85. The molecule has 0 aromatic rings. The van der Waals surface area contributed by atoms with Crippen LogP contribution in [-0.4, -0.2) is 0 Å². The highest BCUT2D eigenvalue weighted by Crippen LogP contribution is 2.44. The van der Waals surface area contributed by atoms with E-state index >= 15 is 0 Å². The Bertz CT molecular complexity index is 128. The quantitative estimate of drug-likeness (QED) is 0.595. The molecule has 1 aliphatic carbocycles. The van der Waals surface area contributed by atoms with E-state index < -0.39 is 0 Å². The minimum Gasteiger partial charge on any atom is -0.0654 e. The molecule has 0 heteroatoms. The molecule has 0 radical (unpaired) electrons. The SMILES string of the molecule is CCCC1C(CC)CC(C)C1C. The lowest BCUT2D eigenvalue weighted by atomic mass is 9.84. The van der Waals surface area contributed by atoms with Gasteiger partial charge in [0.1, 0.15) is 0 Å². The van der Waals surface area contributed by atoms with Crippen molar-refractivity contribution in [2.75, 3.05) is 0 Å². The van der Waals surface area contributed by atoms with Crippen LogP contribution in [0.2, 0.25) is 0 Å². The lowest BCUT2D eigenvalue weighted by Crippen LogP contribution is -2.13. The van der Waals surface area contributed by atoms with Gasteiger partial charge in [0, 0.05) is 0 Å². The Balaban J connectivity index is 2.53. The molecule has 0 aromatic heterocycles. The molecule has 1 saturated carbocycles. The number of rotatable bonds is 3. The lowest BCUT2D eigenvalue weighted by Gasteiger charge is -2.21. The maximum absolute atomic E-state index is 2.46. The Hall–Kier alpha value is 0. The third kappa shape index (κ3) is 1.84. The van der Waals surface area contributed by atoms with Crippen LogP contribution in [0.1, 0.15) is 53.4 Å². The van der Waals surface area contributed by atoms with Crippen LogP contribution in [0.3, 0.4) is 0 Å². The first-order valence-corrected chi connectivity index (χ1v) is 5.70. The molecule has 0 aromatic carbocycles. The Morgan fingerprint density at radius 2 is 1.83 bits per heavy atom. The minimum atomic E-state index is 0.978. The summed E-state index contributed by atoms with van der Waals surface area (Å²) in [5, 5.41) is 0. The molecule has 4 unspecified atom stereocenters. The van der Waals surface area contributed by atoms with Crippen molar-refractivity contribution >= 4 is 0 Å². The maximum atomic E-state index is 2.46. The Morgan fingerprint density at radius 3 is 2.33 bits per heavy atom. The van der Waals surface area contributed by atoms with E-state index in [0.29, 0.717) is 0 Å². The monoisotopic (exact) mass is 168 g/mol. The van der Waals surface area contributed by atoms with Gasteiger partial charge in [-0.15, -0.1) is 0 Å². The topological polar surface area (TPSA) is 0 Å². The van der Waals surface area contributed by atoms with E-state index in [1.165, 1.54) is 25.7 Å². The van der Waals surface area contributed by atoms with Crippen molar-refractivity contribution < 1.29 is 0 Å². The second-order valence-electron chi connectivity index (χ2n) is 4.69. The van der Waals surface area contributed by atoms with Gasteiger partial charge in [-0.05, 0) is 30.1 Å². The predicted octanol–water partition coefficient (Wildman–Crippen LogP) is 4.10. The van der Waals surface area contributed by atoms with Crippen molar-refractivity contribution in [2.24, 2.45) is 23.7 Å². The predicted molar refractivity (Wildman–Crippen MR) is 55.1 cm³/mol. The third-order valence-electron chi connectivity index (χ3n) is 4.00.